The zero-order chi connectivity index (χ0) is 39.0. The minimum absolute atomic E-state index is 0.118. The Hall–Kier alpha value is -2.15. The zero-order valence-electron chi connectivity index (χ0n) is 35.5. The summed E-state index contributed by atoms with van der Waals surface area (Å²) in [4.78, 5) is 40.3. The predicted octanol–water partition coefficient (Wildman–Crippen LogP) is 12.9. The average Bonchev–Trinajstić information content (AvgIpc) is 3.68. The summed E-state index contributed by atoms with van der Waals surface area (Å²) in [5.74, 6) is -0.634. The number of nitrogens with zero attached hydrogens (tertiary/aromatic N) is 1. The highest BCUT2D eigenvalue weighted by molar-refractivity contribution is 5.76. The van der Waals surface area contributed by atoms with E-state index in [1.807, 2.05) is 0 Å². The molecule has 1 saturated heterocycles. The van der Waals surface area contributed by atoms with Crippen LogP contribution in [0.2, 0.25) is 0 Å². The van der Waals surface area contributed by atoms with Gasteiger partial charge in [-0.25, -0.2) is 0 Å². The van der Waals surface area contributed by atoms with Crippen molar-refractivity contribution in [2.75, 3.05) is 26.2 Å². The van der Waals surface area contributed by atoms with E-state index in [0.29, 0.717) is 19.3 Å². The van der Waals surface area contributed by atoms with Gasteiger partial charge in [-0.2, -0.15) is 0 Å². The molecule has 0 aliphatic carbocycles. The topological polar surface area (TPSA) is 84.9 Å². The Morgan fingerprint density at radius 1 is 0.537 bits per heavy atom. The molecule has 1 unspecified atom stereocenters. The van der Waals surface area contributed by atoms with E-state index in [1.54, 1.807) is 0 Å². The van der Waals surface area contributed by atoms with Crippen LogP contribution in [0.15, 0.2) is 24.3 Å². The smallest absolute Gasteiger partial charge is 0.307 e. The number of hydrogen-bond donors (Lipinski definition) is 1. The number of hydrogen-bond acceptors (Lipinski definition) is 6. The SMILES string of the molecule is CCCCCCCCC=CCCCCCCCC(=O)OCCC(NC(=O)CCCN1CCCC1)OC(=O)CCCCCCCC=CCCCCCCCC. The van der Waals surface area contributed by atoms with E-state index < -0.39 is 6.23 Å². The van der Waals surface area contributed by atoms with Gasteiger partial charge in [0.1, 0.15) is 0 Å². The maximum absolute atomic E-state index is 12.7. The van der Waals surface area contributed by atoms with Crippen LogP contribution in [0.25, 0.3) is 0 Å². The molecule has 0 aromatic rings. The van der Waals surface area contributed by atoms with Crippen molar-refractivity contribution >= 4 is 17.8 Å². The molecular weight excluding hydrogens is 673 g/mol. The molecule has 1 aliphatic rings. The van der Waals surface area contributed by atoms with Crippen LogP contribution in [0, 0.1) is 0 Å². The first-order valence-electron chi connectivity index (χ1n) is 23.2. The number of allylic oxidation sites excluding steroid dienone is 4. The highest BCUT2D eigenvalue weighted by atomic mass is 16.6. The Balaban J connectivity index is 2.21. The van der Waals surface area contributed by atoms with Crippen molar-refractivity contribution < 1.29 is 23.9 Å². The van der Waals surface area contributed by atoms with Crippen molar-refractivity contribution in [3.05, 3.63) is 24.3 Å². The van der Waals surface area contributed by atoms with Gasteiger partial charge in [-0.1, -0.05) is 141 Å². The number of rotatable bonds is 39. The zero-order valence-corrected chi connectivity index (χ0v) is 35.5. The fourth-order valence-corrected chi connectivity index (χ4v) is 7.13. The van der Waals surface area contributed by atoms with Crippen LogP contribution in [0.4, 0.5) is 0 Å². The Kier molecular flexibility index (Phi) is 36.1. The summed E-state index contributed by atoms with van der Waals surface area (Å²) < 4.78 is 11.2. The fraction of sp³-hybridized carbons (Fsp3) is 0.851. The third-order valence-corrected chi connectivity index (χ3v) is 10.6. The van der Waals surface area contributed by atoms with E-state index in [0.717, 1.165) is 77.4 Å². The van der Waals surface area contributed by atoms with Crippen molar-refractivity contribution in [1.82, 2.24) is 10.2 Å². The van der Waals surface area contributed by atoms with Gasteiger partial charge in [-0.15, -0.1) is 0 Å². The number of ether oxygens (including phenoxy) is 2. The summed E-state index contributed by atoms with van der Waals surface area (Å²) in [7, 11) is 0. The quantitative estimate of drug-likeness (QED) is 0.0291. The third kappa shape index (κ3) is 34.3. The van der Waals surface area contributed by atoms with Gasteiger partial charge in [0.25, 0.3) is 0 Å². The Labute approximate surface area is 333 Å². The highest BCUT2D eigenvalue weighted by Gasteiger charge is 2.19. The van der Waals surface area contributed by atoms with Gasteiger partial charge in [0, 0.05) is 25.7 Å². The molecule has 314 valence electrons. The Bertz CT molecular complexity index is 929. The first-order chi connectivity index (χ1) is 26.5. The second-order valence-corrected chi connectivity index (χ2v) is 15.9. The lowest BCUT2D eigenvalue weighted by molar-refractivity contribution is -0.154. The maximum atomic E-state index is 12.7. The third-order valence-electron chi connectivity index (χ3n) is 10.6. The highest BCUT2D eigenvalue weighted by Crippen LogP contribution is 2.14. The number of unbranched alkanes of at least 4 members (excludes halogenated alkanes) is 22. The minimum atomic E-state index is -0.771. The lowest BCUT2D eigenvalue weighted by Crippen LogP contribution is -2.39. The summed E-state index contributed by atoms with van der Waals surface area (Å²) in [5, 5.41) is 2.90. The second kappa shape index (κ2) is 39.1. The normalized spacial score (nSPS) is 14.0. The van der Waals surface area contributed by atoms with Gasteiger partial charge >= 0.3 is 11.9 Å². The molecule has 0 saturated carbocycles. The summed E-state index contributed by atoms with van der Waals surface area (Å²) in [5.41, 5.74) is 0. The van der Waals surface area contributed by atoms with Crippen LogP contribution >= 0.6 is 0 Å². The molecule has 1 fully saturated rings. The van der Waals surface area contributed by atoms with Crippen LogP contribution in [0.1, 0.15) is 226 Å². The van der Waals surface area contributed by atoms with Crippen molar-refractivity contribution in [3.63, 3.8) is 0 Å². The van der Waals surface area contributed by atoms with E-state index in [4.69, 9.17) is 9.47 Å². The van der Waals surface area contributed by atoms with Crippen molar-refractivity contribution in [2.24, 2.45) is 0 Å². The summed E-state index contributed by atoms with van der Waals surface area (Å²) in [6.07, 6.45) is 44.8. The molecule has 0 spiro atoms. The number of carbonyl (C=O) groups excluding carboxylic acids is 3. The van der Waals surface area contributed by atoms with Gasteiger partial charge in [0.2, 0.25) is 5.91 Å². The van der Waals surface area contributed by atoms with Gasteiger partial charge in [0.15, 0.2) is 6.23 Å². The number of carbonyl (C=O) groups is 3. The summed E-state index contributed by atoms with van der Waals surface area (Å²) in [6, 6.07) is 0. The molecule has 1 N–H and O–H groups in total. The number of esters is 2. The van der Waals surface area contributed by atoms with Crippen LogP contribution in [0.3, 0.4) is 0 Å². The first kappa shape index (κ1) is 49.9. The van der Waals surface area contributed by atoms with Crippen LogP contribution < -0.4 is 5.32 Å². The van der Waals surface area contributed by atoms with Crippen LogP contribution in [-0.4, -0.2) is 55.2 Å². The molecule has 7 nitrogen and oxygen atoms in total. The number of likely N-dealkylation sites (tertiary alicyclic amines) is 1. The van der Waals surface area contributed by atoms with E-state index in [1.165, 1.54) is 128 Å². The fourth-order valence-electron chi connectivity index (χ4n) is 7.13. The van der Waals surface area contributed by atoms with E-state index in [-0.39, 0.29) is 30.9 Å². The van der Waals surface area contributed by atoms with Crippen molar-refractivity contribution in [2.45, 2.75) is 232 Å². The molecule has 1 aliphatic heterocycles. The van der Waals surface area contributed by atoms with Gasteiger partial charge in [-0.05, 0) is 103 Å². The predicted molar refractivity (Wildman–Crippen MR) is 227 cm³/mol. The van der Waals surface area contributed by atoms with Crippen LogP contribution in [-0.2, 0) is 23.9 Å². The average molecular weight is 759 g/mol. The lowest BCUT2D eigenvalue weighted by atomic mass is 10.1. The van der Waals surface area contributed by atoms with E-state index >= 15 is 0 Å². The molecule has 1 rings (SSSR count). The van der Waals surface area contributed by atoms with Gasteiger partial charge in [-0.3, -0.25) is 14.4 Å². The number of nitrogens with one attached hydrogen (secondary N) is 1. The summed E-state index contributed by atoms with van der Waals surface area (Å²) >= 11 is 0. The molecule has 0 radical (unpaired) electrons. The van der Waals surface area contributed by atoms with Crippen molar-refractivity contribution in [3.8, 4) is 0 Å². The second-order valence-electron chi connectivity index (χ2n) is 15.9. The summed E-state index contributed by atoms with van der Waals surface area (Å²) in [6.45, 7) is 7.79. The molecule has 1 amide bonds. The first-order valence-corrected chi connectivity index (χ1v) is 23.2. The maximum Gasteiger partial charge on any atom is 0.307 e. The Morgan fingerprint density at radius 2 is 0.963 bits per heavy atom. The van der Waals surface area contributed by atoms with Crippen LogP contribution in [0.5, 0.6) is 0 Å². The minimum Gasteiger partial charge on any atom is -0.465 e. The molecule has 7 heteroatoms. The Morgan fingerprint density at radius 3 is 1.44 bits per heavy atom. The molecule has 1 atom stereocenters. The molecule has 0 bridgehead atoms. The van der Waals surface area contributed by atoms with E-state index in [9.17, 15) is 14.4 Å². The molecule has 54 heavy (non-hydrogen) atoms. The van der Waals surface area contributed by atoms with Gasteiger partial charge in [0.05, 0.1) is 6.61 Å². The van der Waals surface area contributed by atoms with E-state index in [2.05, 4.69) is 48.4 Å². The lowest BCUT2D eigenvalue weighted by Gasteiger charge is -2.20. The number of amides is 1. The molecule has 0 aromatic heterocycles. The largest absolute Gasteiger partial charge is 0.465 e. The standard InChI is InChI=1S/C47H86N2O5/c1-3-5-7-9-11-13-15-17-19-21-23-25-27-29-31-37-46(51)53-43-39-45(48-44(50)36-35-42-49-40-33-34-41-49)54-47(52)38-32-30-28-26-24-22-20-18-16-14-12-10-8-6-4-2/h17-20,45H,3-16,21-43H2,1-2H3,(H,48,50). The molecular formula is C47H86N2O5. The molecule has 0 aromatic carbocycles. The van der Waals surface area contributed by atoms with Crippen molar-refractivity contribution in [1.29, 1.82) is 0 Å². The molecule has 1 heterocycles. The monoisotopic (exact) mass is 759 g/mol. The van der Waals surface area contributed by atoms with Gasteiger partial charge < -0.3 is 19.7 Å².